The molecule has 0 aliphatic heterocycles. The first-order valence-corrected chi connectivity index (χ1v) is 6.07. The monoisotopic (exact) mass is 329 g/mol. The third-order valence-electron chi connectivity index (χ3n) is 2.63. The molecule has 23 heavy (non-hydrogen) atoms. The molecule has 0 aliphatic rings. The van der Waals surface area contributed by atoms with Crippen LogP contribution < -0.4 is 5.32 Å². The Morgan fingerprint density at radius 2 is 1.70 bits per heavy atom. The summed E-state index contributed by atoms with van der Waals surface area (Å²) in [6, 6.07) is 1.67. The third-order valence-corrected chi connectivity index (χ3v) is 2.63. The topological polar surface area (TPSA) is 90.9 Å². The van der Waals surface area contributed by atoms with Crippen molar-refractivity contribution in [1.82, 2.24) is 0 Å². The van der Waals surface area contributed by atoms with Crippen molar-refractivity contribution in [2.75, 3.05) is 26.6 Å². The molecular formula is C14H13F2NO6. The first-order chi connectivity index (χ1) is 10.8. The molecule has 0 saturated heterocycles. The van der Waals surface area contributed by atoms with Crippen molar-refractivity contribution >= 4 is 23.6 Å². The highest BCUT2D eigenvalue weighted by Crippen LogP contribution is 2.25. The SMILES string of the molecule is COC(=O)/C=C(/Nc1c(C(=O)OC)ccc(F)c1F)C(=O)OC. The van der Waals surface area contributed by atoms with E-state index < -0.39 is 40.9 Å². The van der Waals surface area contributed by atoms with Crippen LogP contribution in [0.1, 0.15) is 10.4 Å². The summed E-state index contributed by atoms with van der Waals surface area (Å²) in [5.41, 5.74) is -1.63. The van der Waals surface area contributed by atoms with Crippen LogP contribution in [-0.4, -0.2) is 39.2 Å². The van der Waals surface area contributed by atoms with E-state index in [0.717, 1.165) is 27.4 Å². The van der Waals surface area contributed by atoms with Crippen molar-refractivity contribution in [3.63, 3.8) is 0 Å². The average molecular weight is 329 g/mol. The summed E-state index contributed by atoms with van der Waals surface area (Å²) in [7, 11) is 3.10. The van der Waals surface area contributed by atoms with Crippen molar-refractivity contribution in [2.45, 2.75) is 0 Å². The van der Waals surface area contributed by atoms with Gasteiger partial charge in [0.25, 0.3) is 0 Å². The molecule has 1 N–H and O–H groups in total. The maximum atomic E-state index is 14.0. The summed E-state index contributed by atoms with van der Waals surface area (Å²) in [6.07, 6.45) is 0.664. The molecule has 1 aromatic carbocycles. The minimum Gasteiger partial charge on any atom is -0.466 e. The van der Waals surface area contributed by atoms with E-state index in [0.29, 0.717) is 12.1 Å². The summed E-state index contributed by atoms with van der Waals surface area (Å²) < 4.78 is 40.6. The maximum absolute atomic E-state index is 14.0. The zero-order chi connectivity index (χ0) is 17.6. The van der Waals surface area contributed by atoms with Crippen LogP contribution in [0.2, 0.25) is 0 Å². The number of hydrogen-bond acceptors (Lipinski definition) is 7. The molecule has 0 amide bonds. The molecule has 124 valence electrons. The summed E-state index contributed by atoms with van der Waals surface area (Å²) in [5.74, 6) is -5.70. The Morgan fingerprint density at radius 1 is 1.04 bits per heavy atom. The Bertz CT molecular complexity index is 671. The van der Waals surface area contributed by atoms with Crippen LogP contribution >= 0.6 is 0 Å². The molecule has 1 aromatic rings. The quantitative estimate of drug-likeness (QED) is 0.496. The number of halogens is 2. The Kier molecular flexibility index (Phi) is 6.19. The van der Waals surface area contributed by atoms with Gasteiger partial charge in [-0.05, 0) is 12.1 Å². The van der Waals surface area contributed by atoms with Gasteiger partial charge in [-0.3, -0.25) is 0 Å². The van der Waals surface area contributed by atoms with Crippen LogP contribution in [0.4, 0.5) is 14.5 Å². The highest BCUT2D eigenvalue weighted by molar-refractivity contribution is 6.02. The van der Waals surface area contributed by atoms with Gasteiger partial charge in [-0.2, -0.15) is 0 Å². The number of anilines is 1. The van der Waals surface area contributed by atoms with Crippen molar-refractivity contribution in [2.24, 2.45) is 0 Å². The molecule has 0 radical (unpaired) electrons. The van der Waals surface area contributed by atoms with Crippen LogP contribution in [0.15, 0.2) is 23.9 Å². The number of carbonyl (C=O) groups excluding carboxylic acids is 3. The van der Waals surface area contributed by atoms with Crippen molar-refractivity contribution < 1.29 is 37.4 Å². The molecule has 0 aliphatic carbocycles. The second-order valence-corrected chi connectivity index (χ2v) is 3.97. The average Bonchev–Trinajstić information content (AvgIpc) is 2.56. The minimum absolute atomic E-state index is 0.383. The van der Waals surface area contributed by atoms with E-state index in [1.165, 1.54) is 0 Å². The van der Waals surface area contributed by atoms with Crippen LogP contribution in [0.3, 0.4) is 0 Å². The van der Waals surface area contributed by atoms with Crippen LogP contribution in [0, 0.1) is 11.6 Å². The van der Waals surface area contributed by atoms with Gasteiger partial charge in [0.15, 0.2) is 11.6 Å². The molecule has 0 aromatic heterocycles. The lowest BCUT2D eigenvalue weighted by Gasteiger charge is -2.13. The summed E-state index contributed by atoms with van der Waals surface area (Å²) in [5, 5.41) is 2.16. The number of rotatable bonds is 5. The van der Waals surface area contributed by atoms with E-state index in [1.54, 1.807) is 0 Å². The summed E-state index contributed by atoms with van der Waals surface area (Å²) in [6.45, 7) is 0. The van der Waals surface area contributed by atoms with Crippen molar-refractivity contribution in [3.05, 3.63) is 41.1 Å². The molecular weight excluding hydrogens is 316 g/mol. The predicted octanol–water partition coefficient (Wildman–Crippen LogP) is 1.39. The van der Waals surface area contributed by atoms with Crippen molar-refractivity contribution in [3.8, 4) is 0 Å². The van der Waals surface area contributed by atoms with Gasteiger partial charge in [0.05, 0.1) is 38.7 Å². The Hall–Kier alpha value is -2.97. The molecule has 0 spiro atoms. The molecule has 0 bridgehead atoms. The first kappa shape index (κ1) is 18.1. The molecule has 0 heterocycles. The lowest BCUT2D eigenvalue weighted by atomic mass is 10.1. The highest BCUT2D eigenvalue weighted by atomic mass is 19.2. The largest absolute Gasteiger partial charge is 0.466 e. The standard InChI is InChI=1S/C14H13F2NO6/c1-21-10(18)6-9(14(20)23-3)17-12-7(13(19)22-2)4-5-8(15)11(12)16/h4-6,17H,1-3H3/b9-6+. The number of carbonyl (C=O) groups is 3. The minimum atomic E-state index is -1.44. The van der Waals surface area contributed by atoms with Crippen molar-refractivity contribution in [1.29, 1.82) is 0 Å². The number of nitrogens with one attached hydrogen (secondary N) is 1. The van der Waals surface area contributed by atoms with Gasteiger partial charge in [0.1, 0.15) is 5.70 Å². The van der Waals surface area contributed by atoms with E-state index >= 15 is 0 Å². The Morgan fingerprint density at radius 3 is 2.22 bits per heavy atom. The number of esters is 3. The number of benzene rings is 1. The lowest BCUT2D eigenvalue weighted by Crippen LogP contribution is -2.18. The van der Waals surface area contributed by atoms with Crippen LogP contribution in [-0.2, 0) is 23.8 Å². The molecule has 0 saturated carbocycles. The Labute approximate surface area is 129 Å². The fourth-order valence-corrected chi connectivity index (χ4v) is 1.52. The normalized spacial score (nSPS) is 10.7. The van der Waals surface area contributed by atoms with E-state index in [1.807, 2.05) is 0 Å². The molecule has 1 rings (SSSR count). The summed E-state index contributed by atoms with van der Waals surface area (Å²) >= 11 is 0. The molecule has 0 unspecified atom stereocenters. The fraction of sp³-hybridized carbons (Fsp3) is 0.214. The van der Waals surface area contributed by atoms with E-state index in [2.05, 4.69) is 19.5 Å². The molecule has 9 heteroatoms. The second kappa shape index (κ2) is 7.87. The first-order valence-electron chi connectivity index (χ1n) is 6.07. The van der Waals surface area contributed by atoms with Crippen LogP contribution in [0.25, 0.3) is 0 Å². The van der Waals surface area contributed by atoms with E-state index in [-0.39, 0.29) is 5.56 Å². The molecule has 0 fully saturated rings. The maximum Gasteiger partial charge on any atom is 0.354 e. The van der Waals surface area contributed by atoms with Gasteiger partial charge in [-0.15, -0.1) is 0 Å². The van der Waals surface area contributed by atoms with Gasteiger partial charge in [-0.25, -0.2) is 23.2 Å². The van der Waals surface area contributed by atoms with E-state index in [4.69, 9.17) is 0 Å². The van der Waals surface area contributed by atoms with Gasteiger partial charge in [-0.1, -0.05) is 0 Å². The highest BCUT2D eigenvalue weighted by Gasteiger charge is 2.23. The number of hydrogen-bond donors (Lipinski definition) is 1. The zero-order valence-electron chi connectivity index (χ0n) is 12.4. The molecule has 0 atom stereocenters. The van der Waals surface area contributed by atoms with Gasteiger partial charge in [0.2, 0.25) is 0 Å². The second-order valence-electron chi connectivity index (χ2n) is 3.97. The van der Waals surface area contributed by atoms with Gasteiger partial charge in [0, 0.05) is 0 Å². The Balaban J connectivity index is 3.40. The third kappa shape index (κ3) is 4.25. The fourth-order valence-electron chi connectivity index (χ4n) is 1.52. The number of ether oxygens (including phenoxy) is 3. The number of methoxy groups -OCH3 is 3. The smallest absolute Gasteiger partial charge is 0.354 e. The van der Waals surface area contributed by atoms with Gasteiger partial charge >= 0.3 is 17.9 Å². The van der Waals surface area contributed by atoms with Crippen LogP contribution in [0.5, 0.6) is 0 Å². The zero-order valence-corrected chi connectivity index (χ0v) is 12.4. The molecule has 7 nitrogen and oxygen atoms in total. The summed E-state index contributed by atoms with van der Waals surface area (Å²) in [4.78, 5) is 34.5. The van der Waals surface area contributed by atoms with E-state index in [9.17, 15) is 23.2 Å². The predicted molar refractivity (Wildman–Crippen MR) is 73.4 cm³/mol. The van der Waals surface area contributed by atoms with Gasteiger partial charge < -0.3 is 19.5 Å². The lowest BCUT2D eigenvalue weighted by molar-refractivity contribution is -0.138.